The number of rotatable bonds is 4. The summed E-state index contributed by atoms with van der Waals surface area (Å²) in [5.74, 6) is -0.0893. The summed E-state index contributed by atoms with van der Waals surface area (Å²) in [5.41, 5.74) is 5.55. The summed E-state index contributed by atoms with van der Waals surface area (Å²) in [6.07, 6.45) is 4.31. The molecule has 8 nitrogen and oxygen atoms in total. The van der Waals surface area contributed by atoms with E-state index in [1.165, 1.54) is 10.6 Å². The number of carbonyl (C=O) groups excluding carboxylic acids is 3. The highest BCUT2D eigenvalue weighted by atomic mass is 16.2. The predicted octanol–water partition coefficient (Wildman–Crippen LogP) is 3.75. The van der Waals surface area contributed by atoms with Gasteiger partial charge in [0, 0.05) is 57.6 Å². The minimum Gasteiger partial charge on any atom is -0.347 e. The van der Waals surface area contributed by atoms with Gasteiger partial charge in [-0.3, -0.25) is 9.59 Å². The average molecular weight is 500 g/mol. The van der Waals surface area contributed by atoms with Gasteiger partial charge in [-0.05, 0) is 67.3 Å². The van der Waals surface area contributed by atoms with Crippen LogP contribution in [-0.4, -0.2) is 65.4 Å². The van der Waals surface area contributed by atoms with Crippen LogP contribution in [0.1, 0.15) is 40.0 Å². The number of benzene rings is 2. The van der Waals surface area contributed by atoms with Crippen LogP contribution in [0.4, 0.5) is 10.5 Å². The lowest BCUT2D eigenvalue weighted by molar-refractivity contribution is -0.132. The van der Waals surface area contributed by atoms with Gasteiger partial charge in [-0.1, -0.05) is 18.2 Å². The third-order valence-electron chi connectivity index (χ3n) is 7.36. The molecular weight excluding hydrogens is 466 g/mol. The first kappa shape index (κ1) is 24.6. The molecule has 1 atom stereocenters. The monoisotopic (exact) mass is 499 g/mol. The van der Waals surface area contributed by atoms with Gasteiger partial charge in [-0.2, -0.15) is 0 Å². The molecule has 0 unspecified atom stereocenters. The van der Waals surface area contributed by atoms with Crippen LogP contribution in [0.2, 0.25) is 0 Å². The molecule has 0 spiro atoms. The van der Waals surface area contributed by atoms with Crippen molar-refractivity contribution >= 4 is 23.5 Å². The molecule has 1 fully saturated rings. The molecule has 0 saturated carbocycles. The number of likely N-dealkylation sites (N-methyl/N-ethyl adjacent to an activating group) is 1. The number of nitrogens with one attached hydrogen (secondary N) is 1. The van der Waals surface area contributed by atoms with Gasteiger partial charge in [-0.25, -0.2) is 4.79 Å². The van der Waals surface area contributed by atoms with E-state index in [2.05, 4.69) is 16.0 Å². The zero-order valence-electron chi connectivity index (χ0n) is 21.6. The first-order chi connectivity index (χ1) is 17.8. The van der Waals surface area contributed by atoms with Gasteiger partial charge in [0.1, 0.15) is 6.04 Å². The summed E-state index contributed by atoms with van der Waals surface area (Å²) in [6.45, 7) is 3.46. The van der Waals surface area contributed by atoms with E-state index >= 15 is 0 Å². The molecule has 3 aromatic rings. The molecular formula is C29H33N5O3. The quantitative estimate of drug-likeness (QED) is 0.594. The van der Waals surface area contributed by atoms with Crippen LogP contribution in [0.5, 0.6) is 0 Å². The number of fused-ring (bicyclic) bond motifs is 3. The normalized spacial score (nSPS) is 16.6. The largest absolute Gasteiger partial charge is 0.347 e. The van der Waals surface area contributed by atoms with Crippen LogP contribution in [0.15, 0.2) is 60.8 Å². The molecule has 2 aliphatic heterocycles. The molecule has 0 radical (unpaired) electrons. The predicted molar refractivity (Wildman–Crippen MR) is 143 cm³/mol. The summed E-state index contributed by atoms with van der Waals surface area (Å²) < 4.78 is 2.15. The SMILES string of the molecule is Cc1cc(C(=O)N2CCc3cccn3-c3ccccc32)ccc1CNC(=O)N1CCC[C@H]1C(=O)N(C)C. The Hall–Kier alpha value is -4.07. The van der Waals surface area contributed by atoms with E-state index in [-0.39, 0.29) is 17.8 Å². The summed E-state index contributed by atoms with van der Waals surface area (Å²) in [6, 6.07) is 17.1. The smallest absolute Gasteiger partial charge is 0.318 e. The minimum atomic E-state index is -0.408. The number of aromatic nitrogens is 1. The molecule has 5 rings (SSSR count). The number of para-hydroxylation sites is 2. The molecule has 0 aliphatic carbocycles. The number of hydrogen-bond acceptors (Lipinski definition) is 3. The number of nitrogens with zero attached hydrogens (tertiary/aromatic N) is 4. The molecule has 37 heavy (non-hydrogen) atoms. The third-order valence-corrected chi connectivity index (χ3v) is 7.36. The highest BCUT2D eigenvalue weighted by Crippen LogP contribution is 2.31. The van der Waals surface area contributed by atoms with Crippen molar-refractivity contribution < 1.29 is 14.4 Å². The van der Waals surface area contributed by atoms with Crippen LogP contribution in [0.25, 0.3) is 5.69 Å². The second kappa shape index (κ2) is 10.1. The Morgan fingerprint density at radius 1 is 1.00 bits per heavy atom. The number of urea groups is 1. The molecule has 1 aromatic heterocycles. The van der Waals surface area contributed by atoms with Gasteiger partial charge < -0.3 is 24.6 Å². The Morgan fingerprint density at radius 3 is 2.54 bits per heavy atom. The minimum absolute atomic E-state index is 0.0426. The second-order valence-corrected chi connectivity index (χ2v) is 9.95. The van der Waals surface area contributed by atoms with Crippen LogP contribution in [0.3, 0.4) is 0 Å². The first-order valence-electron chi connectivity index (χ1n) is 12.8. The summed E-state index contributed by atoms with van der Waals surface area (Å²) in [7, 11) is 3.43. The standard InChI is InChI=1S/C29H33N5O3/c1-20-18-21(12-13-22(20)19-30-29(37)34-16-7-11-26(34)28(36)31(2)3)27(35)33-17-14-23-8-6-15-32(23)24-9-4-5-10-25(24)33/h4-6,8-10,12-13,15,18,26H,7,11,14,16-17,19H2,1-3H3,(H,30,37)/t26-/m0/s1. The van der Waals surface area contributed by atoms with E-state index in [0.29, 0.717) is 31.6 Å². The van der Waals surface area contributed by atoms with E-state index in [4.69, 9.17) is 0 Å². The van der Waals surface area contributed by atoms with Gasteiger partial charge in [0.25, 0.3) is 5.91 Å². The zero-order chi connectivity index (χ0) is 26.1. The van der Waals surface area contributed by atoms with Gasteiger partial charge >= 0.3 is 6.03 Å². The maximum atomic E-state index is 13.7. The number of likely N-dealkylation sites (tertiary alicyclic amines) is 1. The van der Waals surface area contributed by atoms with Crippen molar-refractivity contribution in [2.45, 2.75) is 38.8 Å². The van der Waals surface area contributed by atoms with Crippen molar-refractivity contribution in [1.29, 1.82) is 0 Å². The van der Waals surface area contributed by atoms with Crippen LogP contribution in [-0.2, 0) is 17.8 Å². The number of amides is 4. The van der Waals surface area contributed by atoms with Crippen molar-refractivity contribution in [3.63, 3.8) is 0 Å². The van der Waals surface area contributed by atoms with Crippen molar-refractivity contribution in [3.05, 3.63) is 83.2 Å². The lowest BCUT2D eigenvalue weighted by Gasteiger charge is -2.26. The number of aryl methyl sites for hydroxylation is 1. The fraction of sp³-hybridized carbons (Fsp3) is 0.345. The molecule has 2 aromatic carbocycles. The molecule has 1 saturated heterocycles. The van der Waals surface area contributed by atoms with Crippen molar-refractivity contribution in [1.82, 2.24) is 19.7 Å². The lowest BCUT2D eigenvalue weighted by atomic mass is 10.0. The Kier molecular flexibility index (Phi) is 6.74. The van der Waals surface area contributed by atoms with E-state index in [0.717, 1.165) is 35.3 Å². The Balaban J connectivity index is 1.29. The van der Waals surface area contributed by atoms with Gasteiger partial charge in [0.2, 0.25) is 5.91 Å². The Labute approximate surface area is 217 Å². The fourth-order valence-corrected chi connectivity index (χ4v) is 5.33. The van der Waals surface area contributed by atoms with Gasteiger partial charge in [0.05, 0.1) is 11.4 Å². The molecule has 3 heterocycles. The average Bonchev–Trinajstić information content (AvgIpc) is 3.55. The highest BCUT2D eigenvalue weighted by molar-refractivity contribution is 6.07. The van der Waals surface area contributed by atoms with Crippen molar-refractivity contribution in [2.24, 2.45) is 0 Å². The lowest BCUT2D eigenvalue weighted by Crippen LogP contribution is -2.49. The molecule has 2 aliphatic rings. The fourth-order valence-electron chi connectivity index (χ4n) is 5.33. The summed E-state index contributed by atoms with van der Waals surface area (Å²) in [4.78, 5) is 44.0. The number of carbonyl (C=O) groups is 3. The molecule has 1 N–H and O–H groups in total. The van der Waals surface area contributed by atoms with E-state index in [1.54, 1.807) is 19.0 Å². The molecule has 8 heteroatoms. The Morgan fingerprint density at radius 2 is 1.78 bits per heavy atom. The maximum Gasteiger partial charge on any atom is 0.318 e. The summed E-state index contributed by atoms with van der Waals surface area (Å²) in [5, 5.41) is 2.96. The molecule has 0 bridgehead atoms. The van der Waals surface area contributed by atoms with E-state index in [1.807, 2.05) is 66.6 Å². The molecule has 192 valence electrons. The molecule has 4 amide bonds. The number of anilines is 1. The highest BCUT2D eigenvalue weighted by Gasteiger charge is 2.35. The number of hydrogen-bond donors (Lipinski definition) is 1. The summed E-state index contributed by atoms with van der Waals surface area (Å²) >= 11 is 0. The second-order valence-electron chi connectivity index (χ2n) is 9.95. The Bertz CT molecular complexity index is 1340. The van der Waals surface area contributed by atoms with Crippen LogP contribution in [0, 0.1) is 6.92 Å². The topological polar surface area (TPSA) is 77.9 Å². The van der Waals surface area contributed by atoms with E-state index in [9.17, 15) is 14.4 Å². The maximum absolute atomic E-state index is 13.7. The van der Waals surface area contributed by atoms with Gasteiger partial charge in [0.15, 0.2) is 0 Å². The van der Waals surface area contributed by atoms with Crippen LogP contribution < -0.4 is 10.2 Å². The first-order valence-corrected chi connectivity index (χ1v) is 12.8. The van der Waals surface area contributed by atoms with Crippen molar-refractivity contribution in [2.75, 3.05) is 32.1 Å². The van der Waals surface area contributed by atoms with E-state index < -0.39 is 6.04 Å². The third kappa shape index (κ3) is 4.71. The van der Waals surface area contributed by atoms with Gasteiger partial charge in [-0.15, -0.1) is 0 Å². The van der Waals surface area contributed by atoms with Crippen LogP contribution >= 0.6 is 0 Å². The zero-order valence-corrected chi connectivity index (χ0v) is 21.6. The van der Waals surface area contributed by atoms with Crippen molar-refractivity contribution in [3.8, 4) is 5.69 Å².